The summed E-state index contributed by atoms with van der Waals surface area (Å²) in [5.74, 6) is 4.55. The van der Waals surface area contributed by atoms with Gasteiger partial charge in [0.05, 0.1) is 0 Å². The van der Waals surface area contributed by atoms with E-state index in [4.69, 9.17) is 0 Å². The molecule has 1 saturated heterocycles. The van der Waals surface area contributed by atoms with Crippen molar-refractivity contribution in [2.75, 3.05) is 6.54 Å². The summed E-state index contributed by atoms with van der Waals surface area (Å²) >= 11 is 0. The maximum Gasteiger partial charge on any atom is 0.0158 e. The quantitative estimate of drug-likeness (QED) is 0.659. The van der Waals surface area contributed by atoms with Crippen LogP contribution in [0, 0.1) is 29.6 Å². The smallest absolute Gasteiger partial charge is 0.0158 e. The van der Waals surface area contributed by atoms with Gasteiger partial charge in [0.1, 0.15) is 0 Å². The molecule has 96 valence electrons. The second kappa shape index (κ2) is 3.85. The Morgan fingerprint density at radius 3 is 2.53 bits per heavy atom. The van der Waals surface area contributed by atoms with Crippen LogP contribution < -0.4 is 0 Å². The fourth-order valence-electron chi connectivity index (χ4n) is 5.16. The molecule has 0 aromatic heterocycles. The van der Waals surface area contributed by atoms with Gasteiger partial charge in [0.25, 0.3) is 0 Å². The van der Waals surface area contributed by atoms with Crippen LogP contribution in [0.1, 0.15) is 40.5 Å². The molecule has 0 radical (unpaired) electrons. The Labute approximate surface area is 106 Å². The number of allylic oxidation sites excluding steroid dienone is 1. The summed E-state index contributed by atoms with van der Waals surface area (Å²) in [6, 6.07) is 1.52. The Balaban J connectivity index is 1.91. The van der Waals surface area contributed by atoms with Gasteiger partial charge >= 0.3 is 0 Å². The van der Waals surface area contributed by atoms with Crippen molar-refractivity contribution in [3.8, 4) is 0 Å². The normalized spacial score (nSPS) is 45.3. The van der Waals surface area contributed by atoms with Crippen molar-refractivity contribution >= 4 is 0 Å². The summed E-state index contributed by atoms with van der Waals surface area (Å²) in [5.41, 5.74) is 1.58. The average Bonchev–Trinajstić information content (AvgIpc) is 2.83. The first-order chi connectivity index (χ1) is 8.00. The van der Waals surface area contributed by atoms with E-state index in [1.54, 1.807) is 5.57 Å². The summed E-state index contributed by atoms with van der Waals surface area (Å²) in [6.45, 7) is 15.3. The third kappa shape index (κ3) is 1.54. The molecule has 2 aliphatic carbocycles. The Morgan fingerprint density at radius 1 is 1.24 bits per heavy atom. The predicted molar refractivity (Wildman–Crippen MR) is 72.8 cm³/mol. The lowest BCUT2D eigenvalue weighted by molar-refractivity contribution is 0.127. The van der Waals surface area contributed by atoms with Gasteiger partial charge in [0, 0.05) is 18.6 Å². The molecule has 0 spiro atoms. The van der Waals surface area contributed by atoms with E-state index in [1.807, 2.05) is 0 Å². The molecule has 1 heteroatoms. The van der Waals surface area contributed by atoms with Crippen molar-refractivity contribution < 1.29 is 0 Å². The van der Waals surface area contributed by atoms with Crippen molar-refractivity contribution in [3.63, 3.8) is 0 Å². The van der Waals surface area contributed by atoms with E-state index >= 15 is 0 Å². The molecule has 0 N–H and O–H groups in total. The fourth-order valence-corrected chi connectivity index (χ4v) is 5.16. The van der Waals surface area contributed by atoms with Crippen LogP contribution in [-0.2, 0) is 0 Å². The second-order valence-corrected chi connectivity index (χ2v) is 7.23. The van der Waals surface area contributed by atoms with Crippen LogP contribution in [0.3, 0.4) is 0 Å². The first-order valence-electron chi connectivity index (χ1n) is 7.44. The van der Waals surface area contributed by atoms with Gasteiger partial charge < -0.3 is 0 Å². The molecule has 1 aliphatic heterocycles. The Bertz CT molecular complexity index is 330. The third-order valence-corrected chi connectivity index (χ3v) is 5.72. The zero-order chi connectivity index (χ0) is 12.3. The largest absolute Gasteiger partial charge is 0.297 e. The molecule has 0 amide bonds. The summed E-state index contributed by atoms with van der Waals surface area (Å²) in [7, 11) is 0. The highest BCUT2D eigenvalue weighted by molar-refractivity contribution is 5.22. The summed E-state index contributed by atoms with van der Waals surface area (Å²) in [6.07, 6.45) is 2.80. The molecule has 5 atom stereocenters. The minimum Gasteiger partial charge on any atom is -0.297 e. The molecule has 2 bridgehead atoms. The number of fused-ring (bicyclic) bond motifs is 5. The average molecular weight is 233 g/mol. The van der Waals surface area contributed by atoms with Crippen molar-refractivity contribution in [2.24, 2.45) is 29.6 Å². The topological polar surface area (TPSA) is 3.24 Å². The minimum atomic E-state index is 0.709. The molecule has 3 aliphatic rings. The van der Waals surface area contributed by atoms with Crippen molar-refractivity contribution in [3.05, 3.63) is 12.2 Å². The second-order valence-electron chi connectivity index (χ2n) is 7.23. The summed E-state index contributed by atoms with van der Waals surface area (Å²) < 4.78 is 0. The molecule has 1 nitrogen and oxygen atoms in total. The van der Waals surface area contributed by atoms with E-state index in [0.717, 1.165) is 35.6 Å². The monoisotopic (exact) mass is 233 g/mol. The zero-order valence-electron chi connectivity index (χ0n) is 11.8. The standard InChI is InChI=1S/C16H27N/c1-9(2)16-15-13-7-12(6-11(13)5)14(15)8-17(16)10(3)4/h9-10,12-16H,5-8H2,1-4H3. The van der Waals surface area contributed by atoms with Gasteiger partial charge in [0.2, 0.25) is 0 Å². The van der Waals surface area contributed by atoms with Crippen molar-refractivity contribution in [2.45, 2.75) is 52.6 Å². The van der Waals surface area contributed by atoms with Gasteiger partial charge in [-0.05, 0) is 56.3 Å². The first kappa shape index (κ1) is 11.8. The molecular formula is C16H27N. The summed E-state index contributed by atoms with van der Waals surface area (Å²) in [4.78, 5) is 2.79. The number of rotatable bonds is 2. The van der Waals surface area contributed by atoms with Crippen LogP contribution in [0.25, 0.3) is 0 Å². The number of nitrogens with zero attached hydrogens (tertiary/aromatic N) is 1. The third-order valence-electron chi connectivity index (χ3n) is 5.72. The van der Waals surface area contributed by atoms with E-state index in [0.29, 0.717) is 6.04 Å². The molecular weight excluding hydrogens is 206 g/mol. The molecule has 1 heterocycles. The first-order valence-corrected chi connectivity index (χ1v) is 7.44. The number of hydrogen-bond donors (Lipinski definition) is 0. The van der Waals surface area contributed by atoms with E-state index in [9.17, 15) is 0 Å². The Morgan fingerprint density at radius 2 is 1.94 bits per heavy atom. The highest BCUT2D eigenvalue weighted by Gasteiger charge is 2.58. The van der Waals surface area contributed by atoms with Gasteiger partial charge in [-0.1, -0.05) is 26.0 Å². The van der Waals surface area contributed by atoms with Crippen LogP contribution in [0.4, 0.5) is 0 Å². The maximum absolute atomic E-state index is 4.34. The van der Waals surface area contributed by atoms with E-state index in [-0.39, 0.29) is 0 Å². The lowest BCUT2D eigenvalue weighted by Gasteiger charge is -2.36. The van der Waals surface area contributed by atoms with Crippen LogP contribution in [0.15, 0.2) is 12.2 Å². The lowest BCUT2D eigenvalue weighted by atomic mass is 9.74. The van der Waals surface area contributed by atoms with Gasteiger partial charge in [-0.3, -0.25) is 4.90 Å². The Kier molecular flexibility index (Phi) is 2.66. The maximum atomic E-state index is 4.34. The number of hydrogen-bond acceptors (Lipinski definition) is 1. The Hall–Kier alpha value is -0.300. The van der Waals surface area contributed by atoms with Gasteiger partial charge in [-0.15, -0.1) is 0 Å². The molecule has 3 rings (SSSR count). The van der Waals surface area contributed by atoms with Crippen LogP contribution in [0.2, 0.25) is 0 Å². The van der Waals surface area contributed by atoms with E-state index in [1.165, 1.54) is 19.4 Å². The fraction of sp³-hybridized carbons (Fsp3) is 0.875. The zero-order valence-corrected chi connectivity index (χ0v) is 11.8. The van der Waals surface area contributed by atoms with Crippen LogP contribution in [-0.4, -0.2) is 23.5 Å². The van der Waals surface area contributed by atoms with E-state index in [2.05, 4.69) is 39.2 Å². The molecule has 0 aromatic carbocycles. The summed E-state index contributed by atoms with van der Waals surface area (Å²) in [5, 5.41) is 0. The van der Waals surface area contributed by atoms with E-state index < -0.39 is 0 Å². The minimum absolute atomic E-state index is 0.709. The predicted octanol–water partition coefficient (Wildman–Crippen LogP) is 3.56. The highest BCUT2D eigenvalue weighted by Crippen LogP contribution is 2.60. The molecule has 2 saturated carbocycles. The SMILES string of the molecule is C=C1CC2CC1C1C2CN(C(C)C)C1C(C)C. The van der Waals surface area contributed by atoms with Crippen LogP contribution in [0.5, 0.6) is 0 Å². The highest BCUT2D eigenvalue weighted by atomic mass is 15.2. The van der Waals surface area contributed by atoms with Crippen LogP contribution >= 0.6 is 0 Å². The lowest BCUT2D eigenvalue weighted by Crippen LogP contribution is -2.42. The molecule has 17 heavy (non-hydrogen) atoms. The van der Waals surface area contributed by atoms with Gasteiger partial charge in [0.15, 0.2) is 0 Å². The number of likely N-dealkylation sites (tertiary alicyclic amines) is 1. The van der Waals surface area contributed by atoms with Gasteiger partial charge in [-0.2, -0.15) is 0 Å². The van der Waals surface area contributed by atoms with Crippen molar-refractivity contribution in [1.29, 1.82) is 0 Å². The molecule has 5 unspecified atom stereocenters. The van der Waals surface area contributed by atoms with Crippen molar-refractivity contribution in [1.82, 2.24) is 4.90 Å². The molecule has 0 aromatic rings. The van der Waals surface area contributed by atoms with Gasteiger partial charge in [-0.25, -0.2) is 0 Å². The molecule has 3 fully saturated rings.